The van der Waals surface area contributed by atoms with Gasteiger partial charge in [-0.15, -0.1) is 0 Å². The number of ether oxygens (including phenoxy) is 1. The fourth-order valence-electron chi connectivity index (χ4n) is 3.22. The van der Waals surface area contributed by atoms with Crippen molar-refractivity contribution in [3.05, 3.63) is 58.9 Å². The van der Waals surface area contributed by atoms with Gasteiger partial charge in [-0.3, -0.25) is 4.79 Å². The zero-order chi connectivity index (χ0) is 18.7. The van der Waals surface area contributed by atoms with Gasteiger partial charge in [-0.2, -0.15) is 0 Å². The lowest BCUT2D eigenvalue weighted by molar-refractivity contribution is -0.131. The molecule has 1 fully saturated rings. The van der Waals surface area contributed by atoms with E-state index in [4.69, 9.17) is 4.74 Å². The maximum atomic E-state index is 12.9. The van der Waals surface area contributed by atoms with Gasteiger partial charge in [-0.25, -0.2) is 9.37 Å². The van der Waals surface area contributed by atoms with Crippen LogP contribution in [-0.2, 0) is 9.53 Å². The summed E-state index contributed by atoms with van der Waals surface area (Å²) in [5.74, 6) is 0.572. The Labute approximate surface area is 152 Å². The van der Waals surface area contributed by atoms with Crippen LogP contribution in [0.25, 0.3) is 6.08 Å². The predicted octanol–water partition coefficient (Wildman–Crippen LogP) is 3.56. The van der Waals surface area contributed by atoms with Crippen LogP contribution >= 0.6 is 0 Å². The zero-order valence-electron chi connectivity index (χ0n) is 15.3. The Morgan fingerprint density at radius 2 is 2.12 bits per heavy atom. The number of H-pyrrole nitrogens is 1. The molecule has 0 radical (unpaired) electrons. The molecule has 1 aliphatic heterocycles. The molecule has 2 aromatic rings. The Hall–Kier alpha value is -2.47. The second-order valence-electron chi connectivity index (χ2n) is 6.65. The summed E-state index contributed by atoms with van der Waals surface area (Å²) >= 11 is 0. The molecule has 0 aliphatic carbocycles. The lowest BCUT2D eigenvalue weighted by Crippen LogP contribution is -2.32. The van der Waals surface area contributed by atoms with E-state index >= 15 is 0 Å². The molecule has 0 spiro atoms. The number of amides is 1. The van der Waals surface area contributed by atoms with Crippen LogP contribution in [0.5, 0.6) is 0 Å². The van der Waals surface area contributed by atoms with Gasteiger partial charge in [0.05, 0.1) is 17.8 Å². The van der Waals surface area contributed by atoms with Gasteiger partial charge < -0.3 is 14.6 Å². The quantitative estimate of drug-likeness (QED) is 0.890. The van der Waals surface area contributed by atoms with Crippen LogP contribution < -0.4 is 0 Å². The van der Waals surface area contributed by atoms with Crippen LogP contribution in [0, 0.1) is 19.7 Å². The number of hydrogen-bond acceptors (Lipinski definition) is 3. The highest BCUT2D eigenvalue weighted by molar-refractivity contribution is 5.79. The lowest BCUT2D eigenvalue weighted by Gasteiger charge is -2.22. The first kappa shape index (κ1) is 18.3. The van der Waals surface area contributed by atoms with Crippen molar-refractivity contribution in [2.75, 3.05) is 13.7 Å². The van der Waals surface area contributed by atoms with Crippen molar-refractivity contribution in [2.24, 2.45) is 0 Å². The third kappa shape index (κ3) is 4.02. The van der Waals surface area contributed by atoms with Gasteiger partial charge in [0.1, 0.15) is 11.6 Å². The molecule has 1 N–H and O–H groups in total. The van der Waals surface area contributed by atoms with E-state index < -0.39 is 0 Å². The first-order chi connectivity index (χ1) is 12.5. The Balaban J connectivity index is 1.70. The number of aromatic amines is 1. The zero-order valence-corrected chi connectivity index (χ0v) is 15.3. The Morgan fingerprint density at radius 3 is 2.73 bits per heavy atom. The molecule has 6 heteroatoms. The molecule has 0 saturated carbocycles. The third-order valence-electron chi connectivity index (χ3n) is 4.85. The molecular weight excluding hydrogens is 333 g/mol. The maximum Gasteiger partial charge on any atom is 0.227 e. The molecule has 1 aromatic heterocycles. The Kier molecular flexibility index (Phi) is 5.52. The number of aromatic nitrogens is 2. The number of methoxy groups -OCH3 is 1. The summed E-state index contributed by atoms with van der Waals surface area (Å²) in [6, 6.07) is 6.08. The number of carbonyl (C=O) groups excluding carboxylic acids is 1. The highest BCUT2D eigenvalue weighted by atomic mass is 19.1. The van der Waals surface area contributed by atoms with Gasteiger partial charge in [-0.05, 0) is 31.5 Å². The first-order valence-electron chi connectivity index (χ1n) is 8.75. The SMILES string of the molecule is CO[C@@H]1C[C@@H](c2nc(C)c(C)[nH]2)N(C(=O)C/C=C/c2ccc(F)cc2)C1. The molecule has 1 aromatic carbocycles. The number of likely N-dealkylation sites (tertiary alicyclic amines) is 1. The van der Waals surface area contributed by atoms with Crippen molar-refractivity contribution in [2.45, 2.75) is 38.8 Å². The van der Waals surface area contributed by atoms with Crippen LogP contribution in [0.1, 0.15) is 41.7 Å². The van der Waals surface area contributed by atoms with Crippen molar-refractivity contribution in [3.63, 3.8) is 0 Å². The fourth-order valence-corrected chi connectivity index (χ4v) is 3.22. The number of nitrogens with zero attached hydrogens (tertiary/aromatic N) is 2. The number of aryl methyl sites for hydroxylation is 2. The second-order valence-corrected chi connectivity index (χ2v) is 6.65. The van der Waals surface area contributed by atoms with Gasteiger partial charge in [0.25, 0.3) is 0 Å². The first-order valence-corrected chi connectivity index (χ1v) is 8.75. The van der Waals surface area contributed by atoms with Crippen molar-refractivity contribution in [1.29, 1.82) is 0 Å². The highest BCUT2D eigenvalue weighted by Gasteiger charge is 2.37. The van der Waals surface area contributed by atoms with Crippen molar-refractivity contribution < 1.29 is 13.9 Å². The number of rotatable bonds is 5. The van der Waals surface area contributed by atoms with E-state index in [0.717, 1.165) is 29.2 Å². The van der Waals surface area contributed by atoms with E-state index in [2.05, 4.69) is 9.97 Å². The molecule has 0 unspecified atom stereocenters. The number of carbonyl (C=O) groups is 1. The molecule has 2 atom stereocenters. The summed E-state index contributed by atoms with van der Waals surface area (Å²) in [5, 5.41) is 0. The summed E-state index contributed by atoms with van der Waals surface area (Å²) in [4.78, 5) is 22.4. The van der Waals surface area contributed by atoms with Crippen molar-refractivity contribution >= 4 is 12.0 Å². The summed E-state index contributed by atoms with van der Waals surface area (Å²) in [5.41, 5.74) is 2.83. The summed E-state index contributed by atoms with van der Waals surface area (Å²) in [6.45, 7) is 4.49. The average molecular weight is 357 g/mol. The predicted molar refractivity (Wildman–Crippen MR) is 98.0 cm³/mol. The summed E-state index contributed by atoms with van der Waals surface area (Å²) < 4.78 is 18.4. The van der Waals surface area contributed by atoms with Crippen LogP contribution in [0.3, 0.4) is 0 Å². The van der Waals surface area contributed by atoms with E-state index in [1.165, 1.54) is 12.1 Å². The van der Waals surface area contributed by atoms with E-state index in [1.54, 1.807) is 19.2 Å². The summed E-state index contributed by atoms with van der Waals surface area (Å²) in [6.07, 6.45) is 4.66. The minimum Gasteiger partial charge on any atom is -0.380 e. The number of hydrogen-bond donors (Lipinski definition) is 1. The maximum absolute atomic E-state index is 12.9. The van der Waals surface area contributed by atoms with Crippen LogP contribution in [0.4, 0.5) is 4.39 Å². The van der Waals surface area contributed by atoms with Gasteiger partial charge in [0.2, 0.25) is 5.91 Å². The smallest absolute Gasteiger partial charge is 0.227 e. The van der Waals surface area contributed by atoms with Gasteiger partial charge >= 0.3 is 0 Å². The van der Waals surface area contributed by atoms with Gasteiger partial charge in [-0.1, -0.05) is 24.3 Å². The molecular formula is C20H24FN3O2. The van der Waals surface area contributed by atoms with E-state index in [9.17, 15) is 9.18 Å². The van der Waals surface area contributed by atoms with E-state index in [-0.39, 0.29) is 30.3 Å². The Morgan fingerprint density at radius 1 is 1.38 bits per heavy atom. The molecule has 26 heavy (non-hydrogen) atoms. The number of benzene rings is 1. The molecule has 3 rings (SSSR count). The van der Waals surface area contributed by atoms with Crippen molar-refractivity contribution in [1.82, 2.24) is 14.9 Å². The molecule has 0 bridgehead atoms. The number of imidazole rings is 1. The average Bonchev–Trinajstić information content (AvgIpc) is 3.20. The van der Waals surface area contributed by atoms with Crippen LogP contribution in [-0.4, -0.2) is 40.5 Å². The second kappa shape index (κ2) is 7.83. The molecule has 5 nitrogen and oxygen atoms in total. The number of halogens is 1. The molecule has 1 saturated heterocycles. The number of nitrogens with one attached hydrogen (secondary N) is 1. The van der Waals surface area contributed by atoms with Gasteiger partial charge in [0.15, 0.2) is 0 Å². The molecule has 2 heterocycles. The normalized spacial score (nSPS) is 20.2. The lowest BCUT2D eigenvalue weighted by atomic mass is 10.1. The van der Waals surface area contributed by atoms with Crippen LogP contribution in [0.2, 0.25) is 0 Å². The topological polar surface area (TPSA) is 58.2 Å². The van der Waals surface area contributed by atoms with Crippen LogP contribution in [0.15, 0.2) is 30.3 Å². The Bertz CT molecular complexity index is 778. The minimum atomic E-state index is -0.271. The molecule has 1 aliphatic rings. The largest absolute Gasteiger partial charge is 0.380 e. The standard InChI is InChI=1S/C20H24FN3O2/c1-13-14(2)23-20(22-13)18-11-17(26-3)12-24(18)19(25)6-4-5-15-7-9-16(21)10-8-15/h4-5,7-10,17-18H,6,11-12H2,1-3H3,(H,22,23)/b5-4+/t17-,18+/m1/s1. The highest BCUT2D eigenvalue weighted by Crippen LogP contribution is 2.32. The van der Waals surface area contributed by atoms with Gasteiger partial charge in [0, 0.05) is 32.2 Å². The minimum absolute atomic E-state index is 0.00994. The molecule has 1 amide bonds. The van der Waals surface area contributed by atoms with E-state index in [0.29, 0.717) is 6.54 Å². The van der Waals surface area contributed by atoms with E-state index in [1.807, 2.05) is 30.9 Å². The summed E-state index contributed by atoms with van der Waals surface area (Å²) in [7, 11) is 1.67. The van der Waals surface area contributed by atoms with Crippen molar-refractivity contribution in [3.8, 4) is 0 Å². The third-order valence-corrected chi connectivity index (χ3v) is 4.85. The fraction of sp³-hybridized carbons (Fsp3) is 0.400. The molecule has 138 valence electrons. The monoisotopic (exact) mass is 357 g/mol.